The number of halogens is 1. The average Bonchev–Trinajstić information content (AvgIpc) is 3.21. The molecular formula is C22H22ClN5. The molecule has 1 aliphatic heterocycles. The summed E-state index contributed by atoms with van der Waals surface area (Å²) in [5.41, 5.74) is 3.55. The van der Waals surface area contributed by atoms with Gasteiger partial charge in [-0.3, -0.25) is 0 Å². The Labute approximate surface area is 169 Å². The fourth-order valence-electron chi connectivity index (χ4n) is 3.74. The summed E-state index contributed by atoms with van der Waals surface area (Å²) < 4.78 is 0. The van der Waals surface area contributed by atoms with Gasteiger partial charge in [0.25, 0.3) is 0 Å². The number of nitrogens with one attached hydrogen (secondary N) is 2. The van der Waals surface area contributed by atoms with Crippen LogP contribution in [0.5, 0.6) is 0 Å². The van der Waals surface area contributed by atoms with Gasteiger partial charge in [-0.1, -0.05) is 41.9 Å². The van der Waals surface area contributed by atoms with Gasteiger partial charge in [0, 0.05) is 36.1 Å². The Hall–Kier alpha value is -2.81. The van der Waals surface area contributed by atoms with E-state index in [9.17, 15) is 5.26 Å². The predicted octanol–water partition coefficient (Wildman–Crippen LogP) is 4.17. The summed E-state index contributed by atoms with van der Waals surface area (Å²) in [4.78, 5) is 7.05. The zero-order valence-electron chi connectivity index (χ0n) is 15.7. The van der Waals surface area contributed by atoms with Crippen LogP contribution in [0.25, 0.3) is 10.9 Å². The molecule has 0 aliphatic carbocycles. The van der Waals surface area contributed by atoms with Crippen molar-refractivity contribution < 1.29 is 0 Å². The molecular weight excluding hydrogens is 370 g/mol. The molecule has 1 fully saturated rings. The molecule has 1 unspecified atom stereocenters. The number of nitrogens with zero attached hydrogens (tertiary/aromatic N) is 3. The molecule has 1 aliphatic rings. The van der Waals surface area contributed by atoms with Crippen LogP contribution in [0, 0.1) is 11.3 Å². The van der Waals surface area contributed by atoms with E-state index in [4.69, 9.17) is 16.6 Å². The van der Waals surface area contributed by atoms with Crippen LogP contribution in [-0.2, 0) is 6.54 Å². The number of benzene rings is 2. The number of rotatable bonds is 5. The number of likely N-dealkylation sites (N-methyl/N-ethyl adjacent to an activating group) is 1. The van der Waals surface area contributed by atoms with Crippen LogP contribution >= 0.6 is 11.6 Å². The van der Waals surface area contributed by atoms with Crippen LogP contribution in [-0.4, -0.2) is 31.2 Å². The lowest BCUT2D eigenvalue weighted by Crippen LogP contribution is -2.30. The molecule has 3 aromatic rings. The third kappa shape index (κ3) is 3.62. The van der Waals surface area contributed by atoms with Crippen molar-refractivity contribution in [1.82, 2.24) is 10.3 Å². The van der Waals surface area contributed by atoms with Crippen molar-refractivity contribution in [3.8, 4) is 6.07 Å². The van der Waals surface area contributed by atoms with Crippen LogP contribution < -0.4 is 15.5 Å². The summed E-state index contributed by atoms with van der Waals surface area (Å²) in [6.45, 7) is 2.39. The lowest BCUT2D eigenvalue weighted by atomic mass is 10.1. The van der Waals surface area contributed by atoms with Crippen molar-refractivity contribution in [2.45, 2.75) is 19.0 Å². The molecule has 4 rings (SSSR count). The van der Waals surface area contributed by atoms with E-state index in [1.165, 1.54) is 0 Å². The number of para-hydroxylation sites is 1. The number of nitriles is 1. The second-order valence-corrected chi connectivity index (χ2v) is 7.45. The monoisotopic (exact) mass is 391 g/mol. The van der Waals surface area contributed by atoms with Gasteiger partial charge in [-0.2, -0.15) is 5.26 Å². The summed E-state index contributed by atoms with van der Waals surface area (Å²) in [5, 5.41) is 18.4. The van der Waals surface area contributed by atoms with Crippen molar-refractivity contribution in [1.29, 1.82) is 5.26 Å². The largest absolute Gasteiger partial charge is 0.368 e. The molecule has 0 spiro atoms. The molecule has 0 radical (unpaired) electrons. The van der Waals surface area contributed by atoms with E-state index in [1.54, 1.807) is 0 Å². The highest BCUT2D eigenvalue weighted by atomic mass is 35.5. The minimum Gasteiger partial charge on any atom is -0.368 e. The van der Waals surface area contributed by atoms with Gasteiger partial charge in [0.1, 0.15) is 17.5 Å². The Balaban J connectivity index is 1.74. The maximum atomic E-state index is 9.99. The first-order valence-corrected chi connectivity index (χ1v) is 9.80. The van der Waals surface area contributed by atoms with Crippen molar-refractivity contribution in [2.24, 2.45) is 0 Å². The highest BCUT2D eigenvalue weighted by Gasteiger charge is 2.26. The van der Waals surface area contributed by atoms with Crippen LogP contribution in [0.4, 0.5) is 11.5 Å². The molecule has 1 saturated heterocycles. The quantitative estimate of drug-likeness (QED) is 0.683. The van der Waals surface area contributed by atoms with Crippen molar-refractivity contribution >= 4 is 34.0 Å². The summed E-state index contributed by atoms with van der Waals surface area (Å²) in [6.07, 6.45) is 1.06. The van der Waals surface area contributed by atoms with Gasteiger partial charge in [-0.25, -0.2) is 4.98 Å². The number of hydrogen-bond acceptors (Lipinski definition) is 5. The lowest BCUT2D eigenvalue weighted by Gasteiger charge is -2.23. The summed E-state index contributed by atoms with van der Waals surface area (Å²) in [5.74, 6) is 0.624. The molecule has 0 saturated carbocycles. The zero-order valence-corrected chi connectivity index (χ0v) is 16.5. The van der Waals surface area contributed by atoms with E-state index in [1.807, 2.05) is 55.6 Å². The van der Waals surface area contributed by atoms with Crippen LogP contribution in [0.1, 0.15) is 17.5 Å². The molecule has 1 atom stereocenters. The Morgan fingerprint density at radius 1 is 1.21 bits per heavy atom. The molecule has 2 heterocycles. The maximum absolute atomic E-state index is 9.99. The molecule has 6 heteroatoms. The first-order valence-electron chi connectivity index (χ1n) is 9.43. The SMILES string of the molecule is CNC1CCN(c2c(C#N)c(NCc3ccc(Cl)cc3)nc3ccccc23)C1. The molecule has 28 heavy (non-hydrogen) atoms. The fraction of sp³-hybridized carbons (Fsp3) is 0.273. The highest BCUT2D eigenvalue weighted by molar-refractivity contribution is 6.30. The van der Waals surface area contributed by atoms with Gasteiger partial charge in [0.15, 0.2) is 0 Å². The third-order valence-corrected chi connectivity index (χ3v) is 5.51. The molecule has 0 amide bonds. The number of aromatic nitrogens is 1. The maximum Gasteiger partial charge on any atom is 0.147 e. The Bertz CT molecular complexity index is 1030. The first kappa shape index (κ1) is 18.5. The van der Waals surface area contributed by atoms with Gasteiger partial charge in [-0.05, 0) is 37.2 Å². The fourth-order valence-corrected chi connectivity index (χ4v) is 3.87. The number of hydrogen-bond donors (Lipinski definition) is 2. The average molecular weight is 392 g/mol. The van der Waals surface area contributed by atoms with Gasteiger partial charge in [0.05, 0.1) is 11.2 Å². The number of anilines is 2. The lowest BCUT2D eigenvalue weighted by molar-refractivity contribution is 0.617. The van der Waals surface area contributed by atoms with Crippen molar-refractivity contribution in [2.75, 3.05) is 30.4 Å². The van der Waals surface area contributed by atoms with E-state index < -0.39 is 0 Å². The van der Waals surface area contributed by atoms with Gasteiger partial charge >= 0.3 is 0 Å². The van der Waals surface area contributed by atoms with Gasteiger partial charge in [0.2, 0.25) is 0 Å². The molecule has 1 aromatic heterocycles. The summed E-state index contributed by atoms with van der Waals surface area (Å²) >= 11 is 5.97. The molecule has 142 valence electrons. The summed E-state index contributed by atoms with van der Waals surface area (Å²) in [7, 11) is 1.99. The van der Waals surface area contributed by atoms with Crippen molar-refractivity contribution in [3.63, 3.8) is 0 Å². The van der Waals surface area contributed by atoms with E-state index >= 15 is 0 Å². The van der Waals surface area contributed by atoms with Crippen LogP contribution in [0.15, 0.2) is 48.5 Å². The molecule has 2 aromatic carbocycles. The standard InChI is InChI=1S/C22H22ClN5/c1-25-17-10-11-28(14-17)21-18-4-2-3-5-20(18)27-22(19(21)12-24)26-13-15-6-8-16(23)9-7-15/h2-9,17,25H,10-11,13-14H2,1H3,(H,26,27). The molecule has 0 bridgehead atoms. The third-order valence-electron chi connectivity index (χ3n) is 5.26. The molecule has 2 N–H and O–H groups in total. The smallest absolute Gasteiger partial charge is 0.147 e. The minimum absolute atomic E-state index is 0.434. The topological polar surface area (TPSA) is 64.0 Å². The normalized spacial score (nSPS) is 16.3. The van der Waals surface area contributed by atoms with E-state index in [-0.39, 0.29) is 0 Å². The summed E-state index contributed by atoms with van der Waals surface area (Å²) in [6, 6.07) is 18.5. The predicted molar refractivity (Wildman–Crippen MR) is 115 cm³/mol. The molecule has 5 nitrogen and oxygen atoms in total. The minimum atomic E-state index is 0.434. The number of fused-ring (bicyclic) bond motifs is 1. The number of pyridine rings is 1. The highest BCUT2D eigenvalue weighted by Crippen LogP contribution is 2.35. The Kier molecular flexibility index (Phi) is 5.34. The first-order chi connectivity index (χ1) is 13.7. The van der Waals surface area contributed by atoms with Gasteiger partial charge in [-0.15, -0.1) is 0 Å². The van der Waals surface area contributed by atoms with Crippen LogP contribution in [0.2, 0.25) is 5.02 Å². The van der Waals surface area contributed by atoms with Crippen LogP contribution in [0.3, 0.4) is 0 Å². The van der Waals surface area contributed by atoms with E-state index in [0.717, 1.165) is 41.7 Å². The zero-order chi connectivity index (χ0) is 19.5. The second kappa shape index (κ2) is 8.05. The van der Waals surface area contributed by atoms with Crippen molar-refractivity contribution in [3.05, 3.63) is 64.7 Å². The Morgan fingerprint density at radius 2 is 2.00 bits per heavy atom. The second-order valence-electron chi connectivity index (χ2n) is 7.01. The van der Waals surface area contributed by atoms with E-state index in [2.05, 4.69) is 21.6 Å². The Morgan fingerprint density at radius 3 is 2.71 bits per heavy atom. The van der Waals surface area contributed by atoms with E-state index in [0.29, 0.717) is 29.0 Å². The van der Waals surface area contributed by atoms with Gasteiger partial charge < -0.3 is 15.5 Å².